The highest BCUT2D eigenvalue weighted by Crippen LogP contribution is 2.26. The second-order valence-corrected chi connectivity index (χ2v) is 5.36. The zero-order chi connectivity index (χ0) is 13.8. The Morgan fingerprint density at radius 1 is 1.42 bits per heavy atom. The molecule has 0 bridgehead atoms. The third-order valence-electron chi connectivity index (χ3n) is 3.77. The summed E-state index contributed by atoms with van der Waals surface area (Å²) in [5.41, 5.74) is 7.81. The minimum atomic E-state index is 0.794. The molecule has 1 aliphatic rings. The lowest BCUT2D eigenvalue weighted by Gasteiger charge is -2.20. The summed E-state index contributed by atoms with van der Waals surface area (Å²) in [6, 6.07) is 0.825. The molecule has 0 amide bonds. The van der Waals surface area contributed by atoms with E-state index in [9.17, 15) is 0 Å². The molecule has 0 saturated heterocycles. The van der Waals surface area contributed by atoms with Gasteiger partial charge in [0, 0.05) is 25.7 Å². The van der Waals surface area contributed by atoms with E-state index in [0.29, 0.717) is 0 Å². The van der Waals surface area contributed by atoms with Crippen LogP contribution >= 0.6 is 0 Å². The van der Waals surface area contributed by atoms with Crippen molar-refractivity contribution in [2.75, 3.05) is 30.7 Å². The van der Waals surface area contributed by atoms with Gasteiger partial charge in [-0.25, -0.2) is 4.68 Å². The van der Waals surface area contributed by atoms with E-state index in [1.807, 2.05) is 11.6 Å². The molecule has 1 heterocycles. The van der Waals surface area contributed by atoms with Crippen molar-refractivity contribution in [3.63, 3.8) is 0 Å². The summed E-state index contributed by atoms with van der Waals surface area (Å²) in [5.74, 6) is 0.992. The highest BCUT2D eigenvalue weighted by molar-refractivity contribution is 5.64. The van der Waals surface area contributed by atoms with E-state index >= 15 is 0 Å². The average molecular weight is 265 g/mol. The molecule has 2 rings (SSSR count). The van der Waals surface area contributed by atoms with E-state index in [1.165, 1.54) is 12.8 Å². The van der Waals surface area contributed by atoms with Crippen LogP contribution in [0.4, 0.5) is 11.5 Å². The van der Waals surface area contributed by atoms with Crippen LogP contribution in [0, 0.1) is 6.92 Å². The van der Waals surface area contributed by atoms with Crippen molar-refractivity contribution in [3.05, 3.63) is 5.69 Å². The Morgan fingerprint density at radius 3 is 2.74 bits per heavy atom. The summed E-state index contributed by atoms with van der Waals surface area (Å²) in [5, 5.41) is 7.95. The largest absolute Gasteiger partial charge is 0.394 e. The van der Waals surface area contributed by atoms with Crippen molar-refractivity contribution in [2.24, 2.45) is 0 Å². The topological polar surface area (TPSA) is 59.1 Å². The standard InChI is InChI=1S/C14H27N5/c1-4-9-19-14(13(15)11(3)17-19)16-8-10-18(5-2)12-6-7-12/h12,16H,4-10,15H2,1-3H3. The molecular weight excluding hydrogens is 238 g/mol. The molecule has 1 fully saturated rings. The van der Waals surface area contributed by atoms with Gasteiger partial charge >= 0.3 is 0 Å². The molecule has 0 atom stereocenters. The third kappa shape index (κ3) is 3.41. The Hall–Kier alpha value is -1.23. The molecule has 0 aromatic carbocycles. The van der Waals surface area contributed by atoms with Gasteiger partial charge in [-0.3, -0.25) is 4.90 Å². The SMILES string of the molecule is CCCn1nc(C)c(N)c1NCCN(CC)C1CC1. The van der Waals surface area contributed by atoms with Crippen LogP contribution < -0.4 is 11.1 Å². The fraction of sp³-hybridized carbons (Fsp3) is 0.786. The van der Waals surface area contributed by atoms with Gasteiger partial charge in [0.1, 0.15) is 5.82 Å². The zero-order valence-corrected chi connectivity index (χ0v) is 12.4. The number of aryl methyl sites for hydroxylation is 2. The summed E-state index contributed by atoms with van der Waals surface area (Å²) in [7, 11) is 0. The first-order valence-corrected chi connectivity index (χ1v) is 7.48. The second kappa shape index (κ2) is 6.28. The van der Waals surface area contributed by atoms with Crippen LogP contribution in [-0.2, 0) is 6.54 Å². The van der Waals surface area contributed by atoms with Crippen LogP contribution in [-0.4, -0.2) is 40.4 Å². The maximum atomic E-state index is 6.10. The monoisotopic (exact) mass is 265 g/mol. The number of nitrogens with one attached hydrogen (secondary N) is 1. The van der Waals surface area contributed by atoms with Gasteiger partial charge in [-0.05, 0) is 32.7 Å². The number of nitrogens with two attached hydrogens (primary N) is 1. The van der Waals surface area contributed by atoms with Crippen LogP contribution in [0.2, 0.25) is 0 Å². The number of aromatic nitrogens is 2. The highest BCUT2D eigenvalue weighted by Gasteiger charge is 2.27. The average Bonchev–Trinajstić information content (AvgIpc) is 3.18. The summed E-state index contributed by atoms with van der Waals surface area (Å²) in [4.78, 5) is 2.54. The fourth-order valence-electron chi connectivity index (χ4n) is 2.51. The van der Waals surface area contributed by atoms with Gasteiger partial charge < -0.3 is 11.1 Å². The quantitative estimate of drug-likeness (QED) is 0.755. The van der Waals surface area contributed by atoms with Gasteiger partial charge in [0.2, 0.25) is 0 Å². The molecule has 5 nitrogen and oxygen atoms in total. The molecule has 0 unspecified atom stereocenters. The minimum absolute atomic E-state index is 0.794. The Bertz CT molecular complexity index is 408. The van der Waals surface area contributed by atoms with E-state index in [1.54, 1.807) is 0 Å². The van der Waals surface area contributed by atoms with Crippen LogP contribution in [0.3, 0.4) is 0 Å². The molecule has 1 aromatic heterocycles. The van der Waals surface area contributed by atoms with Gasteiger partial charge in [-0.15, -0.1) is 0 Å². The Balaban J connectivity index is 1.90. The number of nitrogens with zero attached hydrogens (tertiary/aromatic N) is 3. The second-order valence-electron chi connectivity index (χ2n) is 5.36. The van der Waals surface area contributed by atoms with Crippen molar-refractivity contribution in [2.45, 2.75) is 52.6 Å². The zero-order valence-electron chi connectivity index (χ0n) is 12.4. The normalized spacial score (nSPS) is 15.2. The summed E-state index contributed by atoms with van der Waals surface area (Å²) < 4.78 is 2.00. The Morgan fingerprint density at radius 2 is 2.16 bits per heavy atom. The lowest BCUT2D eigenvalue weighted by atomic mass is 10.3. The molecule has 0 aliphatic heterocycles. The van der Waals surface area contributed by atoms with Gasteiger partial charge in [0.05, 0.1) is 11.4 Å². The van der Waals surface area contributed by atoms with Crippen LogP contribution in [0.25, 0.3) is 0 Å². The summed E-state index contributed by atoms with van der Waals surface area (Å²) in [6.45, 7) is 10.4. The van der Waals surface area contributed by atoms with Crippen molar-refractivity contribution in [1.82, 2.24) is 14.7 Å². The molecule has 1 aliphatic carbocycles. The molecule has 1 aromatic rings. The molecule has 5 heteroatoms. The Kier molecular flexibility index (Phi) is 4.69. The van der Waals surface area contributed by atoms with E-state index in [0.717, 1.165) is 55.8 Å². The van der Waals surface area contributed by atoms with Crippen LogP contribution in [0.1, 0.15) is 38.8 Å². The first-order valence-electron chi connectivity index (χ1n) is 7.48. The number of hydrogen-bond donors (Lipinski definition) is 2. The van der Waals surface area contributed by atoms with Gasteiger partial charge in [0.25, 0.3) is 0 Å². The Labute approximate surface area is 116 Å². The molecule has 3 N–H and O–H groups in total. The lowest BCUT2D eigenvalue weighted by Crippen LogP contribution is -2.31. The predicted molar refractivity (Wildman–Crippen MR) is 80.4 cm³/mol. The van der Waals surface area contributed by atoms with Crippen molar-refractivity contribution >= 4 is 11.5 Å². The van der Waals surface area contributed by atoms with Gasteiger partial charge in [0.15, 0.2) is 0 Å². The smallest absolute Gasteiger partial charge is 0.148 e. The molecule has 0 spiro atoms. The number of hydrogen-bond acceptors (Lipinski definition) is 4. The van der Waals surface area contributed by atoms with E-state index < -0.39 is 0 Å². The van der Waals surface area contributed by atoms with Crippen molar-refractivity contribution < 1.29 is 0 Å². The predicted octanol–water partition coefficient (Wildman–Crippen LogP) is 2.08. The van der Waals surface area contributed by atoms with Crippen LogP contribution in [0.5, 0.6) is 0 Å². The molecule has 19 heavy (non-hydrogen) atoms. The third-order valence-corrected chi connectivity index (χ3v) is 3.77. The van der Waals surface area contributed by atoms with Gasteiger partial charge in [-0.2, -0.15) is 5.10 Å². The van der Waals surface area contributed by atoms with Gasteiger partial charge in [-0.1, -0.05) is 13.8 Å². The minimum Gasteiger partial charge on any atom is -0.394 e. The summed E-state index contributed by atoms with van der Waals surface area (Å²) in [6.07, 6.45) is 3.80. The molecule has 0 radical (unpaired) electrons. The van der Waals surface area contributed by atoms with E-state index in [-0.39, 0.29) is 0 Å². The number of nitrogen functional groups attached to an aromatic ring is 1. The lowest BCUT2D eigenvalue weighted by molar-refractivity contribution is 0.288. The van der Waals surface area contributed by atoms with E-state index in [4.69, 9.17) is 5.73 Å². The first-order chi connectivity index (χ1) is 9.17. The maximum absolute atomic E-state index is 6.10. The van der Waals surface area contributed by atoms with Crippen LogP contribution in [0.15, 0.2) is 0 Å². The molecule has 108 valence electrons. The summed E-state index contributed by atoms with van der Waals surface area (Å²) >= 11 is 0. The fourth-order valence-corrected chi connectivity index (χ4v) is 2.51. The van der Waals surface area contributed by atoms with E-state index in [2.05, 4.69) is 29.2 Å². The van der Waals surface area contributed by atoms with Crippen molar-refractivity contribution in [1.29, 1.82) is 0 Å². The van der Waals surface area contributed by atoms with Crippen molar-refractivity contribution in [3.8, 4) is 0 Å². The number of likely N-dealkylation sites (N-methyl/N-ethyl adjacent to an activating group) is 1. The highest BCUT2D eigenvalue weighted by atomic mass is 15.3. The molecular formula is C14H27N5. The maximum Gasteiger partial charge on any atom is 0.148 e. The number of anilines is 2. The first kappa shape index (κ1) is 14.2. The molecule has 1 saturated carbocycles. The number of rotatable bonds is 8.